The quantitative estimate of drug-likeness (QED) is 0.369. The molecule has 1 atom stereocenters. The third-order valence-electron chi connectivity index (χ3n) is 3.09. The summed E-state index contributed by atoms with van der Waals surface area (Å²) < 4.78 is 7.72. The van der Waals surface area contributed by atoms with Gasteiger partial charge in [-0.15, -0.1) is 11.6 Å². The molecule has 1 aliphatic rings. The van der Waals surface area contributed by atoms with Gasteiger partial charge >= 0.3 is 41.8 Å². The van der Waals surface area contributed by atoms with Crippen molar-refractivity contribution in [3.05, 3.63) is 29.7 Å². The largest absolute Gasteiger partial charge is 0.769 e. The minimum atomic E-state index is -1.77. The van der Waals surface area contributed by atoms with E-state index in [1.54, 1.807) is 26.7 Å². The van der Waals surface area contributed by atoms with E-state index >= 15 is 0 Å². The monoisotopic (exact) mass is 486 g/mol. The van der Waals surface area contributed by atoms with Gasteiger partial charge in [0.25, 0.3) is 0 Å². The molecule has 0 saturated carbocycles. The fraction of sp³-hybridized carbons (Fsp3) is 0.737. The molecule has 0 radical (unpaired) electrons. The van der Waals surface area contributed by atoms with Crippen LogP contribution in [0.1, 0.15) is 69.2 Å². The number of rotatable bonds is 0. The van der Waals surface area contributed by atoms with Crippen molar-refractivity contribution < 1.29 is 22.0 Å². The van der Waals surface area contributed by atoms with Crippen LogP contribution in [0.4, 0.5) is 0 Å². The van der Waals surface area contributed by atoms with Gasteiger partial charge in [0.15, 0.2) is 0 Å². The van der Waals surface area contributed by atoms with Crippen LogP contribution in [0.3, 0.4) is 0 Å². The first kappa shape index (κ1) is 31.7. The third-order valence-corrected chi connectivity index (χ3v) is 3.09. The molecule has 0 bridgehead atoms. The average Bonchev–Trinajstić information content (AvgIpc) is 2.35. The smallest absolute Gasteiger partial charge is 0.231 e. The summed E-state index contributed by atoms with van der Waals surface area (Å²) >= 11 is 1.62. The molecule has 7 heteroatoms. The van der Waals surface area contributed by atoms with Gasteiger partial charge in [-0.25, -0.2) is 29.9 Å². The normalized spacial score (nSPS) is 17.2. The van der Waals surface area contributed by atoms with Crippen molar-refractivity contribution in [3.63, 3.8) is 0 Å². The van der Waals surface area contributed by atoms with Crippen LogP contribution < -0.4 is 4.66 Å². The summed E-state index contributed by atoms with van der Waals surface area (Å²) in [6, 6.07) is 0. The van der Waals surface area contributed by atoms with Crippen molar-refractivity contribution in [2.45, 2.75) is 74.8 Å². The van der Waals surface area contributed by atoms with E-state index < -0.39 is 17.9 Å². The van der Waals surface area contributed by atoms with Crippen LogP contribution >= 0.6 is 41.4 Å². The first-order valence-electron chi connectivity index (χ1n) is 8.25. The molecule has 26 heavy (non-hydrogen) atoms. The van der Waals surface area contributed by atoms with Crippen LogP contribution in [0.15, 0.2) is 23.8 Å². The van der Waals surface area contributed by atoms with Crippen LogP contribution in [0, 0.1) is 22.7 Å². The number of hydrogen-bond donors (Lipinski definition) is 1. The standard InChI is InChI=1S/C15H25.C4H10O.ClO.3ClH.V/c1-11-8-9-12(14(2,3)4)13(10-11)15(5,6)7;1-4(2,3)5;1-2;;;;/h8-10,13H,1-7H3;5H,1-3H3;;3*1H;/q-1;;-1;;;;+3/p-3. The van der Waals surface area contributed by atoms with Crippen molar-refractivity contribution in [2.24, 2.45) is 16.7 Å². The second-order valence-electron chi connectivity index (χ2n) is 9.16. The van der Waals surface area contributed by atoms with Crippen LogP contribution in [0.5, 0.6) is 0 Å². The summed E-state index contributed by atoms with van der Waals surface area (Å²) in [4.78, 5) is 0. The maximum Gasteiger partial charge on any atom is -0.231 e. The summed E-state index contributed by atoms with van der Waals surface area (Å²) in [5, 5.41) is 8.52. The SMILES string of the molecule is CC(C)(C)O.CC1=CC(C(C)(C)C)[C-](C(C)(C)C)C=C1.[Cl][V]([Cl])[Cl].[O-]Cl. The Kier molecular flexibility index (Phi) is 17.2. The van der Waals surface area contributed by atoms with Crippen molar-refractivity contribution >= 4 is 41.4 Å². The van der Waals surface area contributed by atoms with Gasteiger partial charge < -0.3 is 9.77 Å². The maximum absolute atomic E-state index is 8.52. The molecule has 0 aromatic heterocycles. The minimum absolute atomic E-state index is 0.269. The van der Waals surface area contributed by atoms with Crippen LogP contribution in [0.2, 0.25) is 0 Å². The molecule has 0 saturated heterocycles. The van der Waals surface area contributed by atoms with Gasteiger partial charge in [-0.1, -0.05) is 59.8 Å². The van der Waals surface area contributed by atoms with Gasteiger partial charge in [0.1, 0.15) is 0 Å². The topological polar surface area (TPSA) is 43.3 Å². The number of aliphatic hydroxyl groups is 1. The summed E-state index contributed by atoms with van der Waals surface area (Å²) in [5.41, 5.74) is 1.48. The predicted octanol–water partition coefficient (Wildman–Crippen LogP) is 7.13. The van der Waals surface area contributed by atoms with Gasteiger partial charge in [0, 0.05) is 0 Å². The second-order valence-corrected chi connectivity index (χ2v) is 16.1. The Morgan fingerprint density at radius 3 is 1.50 bits per heavy atom. The van der Waals surface area contributed by atoms with Crippen LogP contribution in [-0.2, 0) is 12.3 Å². The first-order valence-corrected chi connectivity index (χ1v) is 14.3. The Balaban J connectivity index is -0.000000398. The van der Waals surface area contributed by atoms with E-state index in [1.165, 1.54) is 5.57 Å². The summed E-state index contributed by atoms with van der Waals surface area (Å²) in [6.45, 7) is 21.3. The fourth-order valence-electron chi connectivity index (χ4n) is 2.17. The van der Waals surface area contributed by atoms with E-state index in [0.717, 1.165) is 0 Å². The van der Waals surface area contributed by atoms with E-state index in [0.29, 0.717) is 11.3 Å². The van der Waals surface area contributed by atoms with E-state index in [9.17, 15) is 0 Å². The first-order chi connectivity index (χ1) is 11.4. The molecular formula is C19H35Cl4O2V-2. The van der Waals surface area contributed by atoms with E-state index in [4.69, 9.17) is 39.3 Å². The van der Waals surface area contributed by atoms with Crippen molar-refractivity contribution in [1.82, 2.24) is 0 Å². The van der Waals surface area contributed by atoms with E-state index in [1.807, 2.05) is 0 Å². The van der Waals surface area contributed by atoms with Crippen molar-refractivity contribution in [3.8, 4) is 0 Å². The number of halogens is 4. The number of hydrogen-bond acceptors (Lipinski definition) is 2. The fourth-order valence-corrected chi connectivity index (χ4v) is 2.17. The molecule has 0 amide bonds. The second kappa shape index (κ2) is 14.1. The molecule has 1 rings (SSSR count). The molecule has 1 unspecified atom stereocenters. The Morgan fingerprint density at radius 2 is 1.27 bits per heavy atom. The molecule has 0 spiro atoms. The summed E-state index contributed by atoms with van der Waals surface area (Å²) in [6.07, 6.45) is 6.98. The van der Waals surface area contributed by atoms with Gasteiger partial charge in [-0.2, -0.15) is 0 Å². The van der Waals surface area contributed by atoms with Crippen LogP contribution in [-0.4, -0.2) is 10.7 Å². The van der Waals surface area contributed by atoms with Crippen LogP contribution in [0.25, 0.3) is 0 Å². The third kappa shape index (κ3) is 21.3. The molecule has 1 aliphatic carbocycles. The minimum Gasteiger partial charge on any atom is -0.769 e. The predicted molar refractivity (Wildman–Crippen MR) is 114 cm³/mol. The average molecular weight is 488 g/mol. The Morgan fingerprint density at radius 1 is 0.962 bits per heavy atom. The molecule has 1 N–H and O–H groups in total. The van der Waals surface area contributed by atoms with Crippen molar-refractivity contribution in [1.29, 1.82) is 0 Å². The summed E-state index contributed by atoms with van der Waals surface area (Å²) in [7, 11) is 14.9. The Labute approximate surface area is 184 Å². The Hall–Kier alpha value is 1.01. The molecule has 0 heterocycles. The van der Waals surface area contributed by atoms with Gasteiger partial charge in [-0.3, -0.25) is 0 Å². The molecular weight excluding hydrogens is 453 g/mol. The molecule has 158 valence electrons. The number of allylic oxidation sites excluding steroid dienone is 4. The van der Waals surface area contributed by atoms with E-state index in [-0.39, 0.29) is 5.41 Å². The zero-order valence-corrected chi connectivity index (χ0v) is 22.0. The van der Waals surface area contributed by atoms with Crippen molar-refractivity contribution in [2.75, 3.05) is 0 Å². The van der Waals surface area contributed by atoms with Gasteiger partial charge in [0.2, 0.25) is 0 Å². The zero-order chi connectivity index (χ0) is 21.9. The molecule has 2 nitrogen and oxygen atoms in total. The summed E-state index contributed by atoms with van der Waals surface area (Å²) in [5.74, 6) is 2.13. The molecule has 0 aliphatic heterocycles. The molecule has 0 aromatic carbocycles. The molecule has 0 aromatic rings. The zero-order valence-electron chi connectivity index (χ0n) is 17.6. The maximum atomic E-state index is 8.52. The van der Waals surface area contributed by atoms with Gasteiger partial charge in [0.05, 0.1) is 5.60 Å². The van der Waals surface area contributed by atoms with E-state index in [2.05, 4.69) is 78.6 Å². The Bertz CT molecular complexity index is 408. The van der Waals surface area contributed by atoms with Gasteiger partial charge in [-0.05, 0) is 26.2 Å². The molecule has 0 fully saturated rings.